The number of nitrogens with zero attached hydrogens (tertiary/aromatic N) is 2. The van der Waals surface area contributed by atoms with Crippen molar-refractivity contribution in [2.75, 3.05) is 25.0 Å². The van der Waals surface area contributed by atoms with Crippen LogP contribution in [0.25, 0.3) is 0 Å². The maximum Gasteiger partial charge on any atom is 0.293 e. The van der Waals surface area contributed by atoms with E-state index >= 15 is 0 Å². The fourth-order valence-corrected chi connectivity index (χ4v) is 3.44. The van der Waals surface area contributed by atoms with Gasteiger partial charge >= 0.3 is 0 Å². The average Bonchev–Trinajstić information content (AvgIpc) is 2.74. The van der Waals surface area contributed by atoms with Gasteiger partial charge in [0.1, 0.15) is 5.69 Å². The largest absolute Gasteiger partial charge is 0.356 e. The molecule has 1 heterocycles. The summed E-state index contributed by atoms with van der Waals surface area (Å²) in [5.74, 6) is -0.328. The van der Waals surface area contributed by atoms with E-state index in [9.17, 15) is 19.7 Å². The number of hydrogen-bond donors (Lipinski definition) is 2. The number of hydrogen-bond acceptors (Lipinski definition) is 5. The number of amides is 2. The van der Waals surface area contributed by atoms with Crippen molar-refractivity contribution in [3.05, 3.63) is 64.2 Å². The van der Waals surface area contributed by atoms with Crippen LogP contribution in [-0.4, -0.2) is 41.3 Å². The predicted octanol–water partition coefficient (Wildman–Crippen LogP) is 3.33. The van der Waals surface area contributed by atoms with Gasteiger partial charge in [0.05, 0.1) is 4.92 Å². The normalized spacial score (nSPS) is 14.3. The summed E-state index contributed by atoms with van der Waals surface area (Å²) in [4.78, 5) is 37.5. The Balaban J connectivity index is 1.72. The molecule has 1 saturated heterocycles. The average molecular weight is 396 g/mol. The molecule has 0 aliphatic carbocycles. The van der Waals surface area contributed by atoms with Crippen molar-refractivity contribution < 1.29 is 14.5 Å². The molecule has 2 aromatic rings. The van der Waals surface area contributed by atoms with Crippen molar-refractivity contribution in [2.45, 2.75) is 19.8 Å². The number of benzene rings is 2. The van der Waals surface area contributed by atoms with Gasteiger partial charge in [-0.05, 0) is 44.0 Å². The van der Waals surface area contributed by atoms with E-state index in [1.807, 2.05) is 37.3 Å². The van der Waals surface area contributed by atoms with Crippen molar-refractivity contribution in [2.24, 2.45) is 5.92 Å². The zero-order chi connectivity index (χ0) is 20.8. The Labute approximate surface area is 169 Å². The molecule has 0 saturated carbocycles. The first kappa shape index (κ1) is 20.3. The van der Waals surface area contributed by atoms with Crippen LogP contribution in [0.15, 0.2) is 48.5 Å². The van der Waals surface area contributed by atoms with Gasteiger partial charge in [-0.15, -0.1) is 0 Å². The van der Waals surface area contributed by atoms with E-state index in [0.29, 0.717) is 38.2 Å². The lowest BCUT2D eigenvalue weighted by molar-refractivity contribution is -0.383. The molecule has 29 heavy (non-hydrogen) atoms. The number of likely N-dealkylation sites (tertiary alicyclic amines) is 1. The lowest BCUT2D eigenvalue weighted by Crippen LogP contribution is -2.43. The first-order chi connectivity index (χ1) is 14.0. The van der Waals surface area contributed by atoms with E-state index in [0.717, 1.165) is 5.69 Å². The summed E-state index contributed by atoms with van der Waals surface area (Å²) < 4.78 is 0. The Morgan fingerprint density at radius 2 is 1.83 bits per heavy atom. The van der Waals surface area contributed by atoms with Crippen LogP contribution in [0.5, 0.6) is 0 Å². The molecule has 2 amide bonds. The number of nitrogens with one attached hydrogen (secondary N) is 2. The molecule has 8 heteroatoms. The maximum atomic E-state index is 12.8. The first-order valence-electron chi connectivity index (χ1n) is 9.67. The van der Waals surface area contributed by atoms with Gasteiger partial charge in [0, 0.05) is 42.9 Å². The molecule has 0 atom stereocenters. The van der Waals surface area contributed by atoms with Gasteiger partial charge in [0.15, 0.2) is 0 Å². The van der Waals surface area contributed by atoms with E-state index in [1.54, 1.807) is 17.0 Å². The molecule has 0 aromatic heterocycles. The summed E-state index contributed by atoms with van der Waals surface area (Å²) >= 11 is 0. The third kappa shape index (κ3) is 4.90. The molecule has 2 N–H and O–H groups in total. The highest BCUT2D eigenvalue weighted by Crippen LogP contribution is 2.29. The van der Waals surface area contributed by atoms with Crippen molar-refractivity contribution in [1.82, 2.24) is 10.2 Å². The number of rotatable bonds is 6. The van der Waals surface area contributed by atoms with Crippen molar-refractivity contribution >= 4 is 28.9 Å². The molecule has 3 rings (SSSR count). The fraction of sp³-hybridized carbons (Fsp3) is 0.333. The van der Waals surface area contributed by atoms with Gasteiger partial charge in [0.25, 0.3) is 11.6 Å². The van der Waals surface area contributed by atoms with Crippen molar-refractivity contribution in [3.63, 3.8) is 0 Å². The first-order valence-corrected chi connectivity index (χ1v) is 9.67. The minimum Gasteiger partial charge on any atom is -0.356 e. The van der Waals surface area contributed by atoms with E-state index in [2.05, 4.69) is 10.6 Å². The number of anilines is 2. The summed E-state index contributed by atoms with van der Waals surface area (Å²) in [7, 11) is 0. The van der Waals surface area contributed by atoms with Gasteiger partial charge in [-0.2, -0.15) is 0 Å². The van der Waals surface area contributed by atoms with Crippen molar-refractivity contribution in [3.8, 4) is 0 Å². The summed E-state index contributed by atoms with van der Waals surface area (Å²) in [5.41, 5.74) is 1.17. The van der Waals surface area contributed by atoms with Gasteiger partial charge < -0.3 is 15.5 Å². The van der Waals surface area contributed by atoms with Gasteiger partial charge in [-0.1, -0.05) is 18.2 Å². The molecule has 0 unspecified atom stereocenters. The monoisotopic (exact) mass is 396 g/mol. The Morgan fingerprint density at radius 3 is 2.45 bits per heavy atom. The Morgan fingerprint density at radius 1 is 1.14 bits per heavy atom. The second kappa shape index (κ2) is 9.18. The topological polar surface area (TPSA) is 105 Å². The summed E-state index contributed by atoms with van der Waals surface area (Å²) in [6, 6.07) is 13.6. The molecular weight excluding hydrogens is 372 g/mol. The van der Waals surface area contributed by atoms with E-state index in [4.69, 9.17) is 0 Å². The smallest absolute Gasteiger partial charge is 0.293 e. The van der Waals surface area contributed by atoms with E-state index in [-0.39, 0.29) is 29.0 Å². The predicted molar refractivity (Wildman–Crippen MR) is 110 cm³/mol. The second-order valence-corrected chi connectivity index (χ2v) is 6.94. The van der Waals surface area contributed by atoms with Crippen LogP contribution in [0.2, 0.25) is 0 Å². The lowest BCUT2D eigenvalue weighted by Gasteiger charge is -2.31. The molecule has 2 aromatic carbocycles. The van der Waals surface area contributed by atoms with Crippen LogP contribution in [0, 0.1) is 16.0 Å². The second-order valence-electron chi connectivity index (χ2n) is 6.94. The van der Waals surface area contributed by atoms with E-state index in [1.165, 1.54) is 6.07 Å². The summed E-state index contributed by atoms with van der Waals surface area (Å²) in [5, 5.41) is 17.4. The number of piperidine rings is 1. The minimum atomic E-state index is -0.497. The lowest BCUT2D eigenvalue weighted by atomic mass is 9.95. The molecule has 1 fully saturated rings. The molecule has 152 valence electrons. The molecule has 0 spiro atoms. The molecule has 1 aliphatic heterocycles. The number of carbonyl (C=O) groups excluding carboxylic acids is 2. The highest BCUT2D eigenvalue weighted by Gasteiger charge is 2.28. The quantitative estimate of drug-likeness (QED) is 0.576. The Kier molecular flexibility index (Phi) is 6.43. The van der Waals surface area contributed by atoms with Gasteiger partial charge in [0.2, 0.25) is 5.91 Å². The van der Waals surface area contributed by atoms with Crippen molar-refractivity contribution in [1.29, 1.82) is 0 Å². The Bertz CT molecular complexity index is 893. The van der Waals surface area contributed by atoms with Crippen LogP contribution in [0.4, 0.5) is 17.1 Å². The fourth-order valence-electron chi connectivity index (χ4n) is 3.44. The molecule has 8 nitrogen and oxygen atoms in total. The summed E-state index contributed by atoms with van der Waals surface area (Å²) in [6.45, 7) is 3.38. The molecular formula is C21H24N4O4. The number of carbonyl (C=O) groups is 2. The zero-order valence-corrected chi connectivity index (χ0v) is 16.3. The van der Waals surface area contributed by atoms with Crippen LogP contribution in [0.3, 0.4) is 0 Å². The minimum absolute atomic E-state index is 0.0200. The summed E-state index contributed by atoms with van der Waals surface area (Å²) in [6.07, 6.45) is 1.18. The molecule has 0 radical (unpaired) electrons. The van der Waals surface area contributed by atoms with Crippen LogP contribution in [0.1, 0.15) is 30.1 Å². The zero-order valence-electron chi connectivity index (χ0n) is 16.3. The third-order valence-corrected chi connectivity index (χ3v) is 5.00. The highest BCUT2D eigenvalue weighted by molar-refractivity contribution is 5.96. The van der Waals surface area contributed by atoms with Crippen LogP contribution in [-0.2, 0) is 4.79 Å². The number of nitro benzene ring substituents is 1. The SMILES string of the molecule is CCNC(=O)C1CCN(C(=O)c2ccc(Nc3ccccc3)c([N+](=O)[O-])c2)CC1. The molecule has 1 aliphatic rings. The van der Waals surface area contributed by atoms with Gasteiger partial charge in [-0.25, -0.2) is 0 Å². The van der Waals surface area contributed by atoms with Crippen LogP contribution < -0.4 is 10.6 Å². The Hall–Kier alpha value is -3.42. The maximum absolute atomic E-state index is 12.8. The standard InChI is InChI=1S/C21H24N4O4/c1-2-22-20(26)15-10-12-24(13-11-15)21(27)16-8-9-18(19(14-16)25(28)29)23-17-6-4-3-5-7-17/h3-9,14-15,23H,2,10-13H2,1H3,(H,22,26). The molecule has 0 bridgehead atoms. The number of nitro groups is 1. The van der Waals surface area contributed by atoms with Crippen LogP contribution >= 0.6 is 0 Å². The highest BCUT2D eigenvalue weighted by atomic mass is 16.6. The third-order valence-electron chi connectivity index (χ3n) is 5.00. The number of para-hydroxylation sites is 1. The van der Waals surface area contributed by atoms with Gasteiger partial charge in [-0.3, -0.25) is 19.7 Å². The van der Waals surface area contributed by atoms with E-state index < -0.39 is 4.92 Å².